The Morgan fingerprint density at radius 3 is 2.55 bits per heavy atom. The van der Waals surface area contributed by atoms with Crippen LogP contribution in [-0.2, 0) is 19.6 Å². The molecule has 1 saturated heterocycles. The zero-order chi connectivity index (χ0) is 15.4. The third-order valence-corrected chi connectivity index (χ3v) is 4.55. The Kier molecular flexibility index (Phi) is 5.78. The Morgan fingerprint density at radius 1 is 1.45 bits per heavy atom. The number of ether oxygens (including phenoxy) is 1. The van der Waals surface area contributed by atoms with Gasteiger partial charge in [-0.05, 0) is 19.8 Å². The van der Waals surface area contributed by atoms with E-state index in [1.54, 1.807) is 11.6 Å². The molecule has 2 N–H and O–H groups in total. The van der Waals surface area contributed by atoms with Gasteiger partial charge in [-0.1, -0.05) is 0 Å². The predicted molar refractivity (Wildman–Crippen MR) is 64.4 cm³/mol. The molecule has 10 heteroatoms. The summed E-state index contributed by atoms with van der Waals surface area (Å²) in [4.78, 5) is 11.1. The van der Waals surface area contributed by atoms with Crippen molar-refractivity contribution in [3.63, 3.8) is 0 Å². The Bertz CT molecular complexity index is 432. The molecular weight excluding hydrogens is 301 g/mol. The van der Waals surface area contributed by atoms with Gasteiger partial charge in [0.15, 0.2) is 5.25 Å². The lowest BCUT2D eigenvalue weighted by molar-refractivity contribution is -0.150. The fourth-order valence-corrected chi connectivity index (χ4v) is 3.42. The summed E-state index contributed by atoms with van der Waals surface area (Å²) in [5, 5.41) is -0.373. The van der Waals surface area contributed by atoms with Gasteiger partial charge in [0.2, 0.25) is 15.9 Å². The fourth-order valence-electron chi connectivity index (χ4n) is 1.94. The van der Waals surface area contributed by atoms with E-state index < -0.39 is 40.0 Å². The minimum atomic E-state index is -4.96. The van der Waals surface area contributed by atoms with Gasteiger partial charge < -0.3 is 10.1 Å². The summed E-state index contributed by atoms with van der Waals surface area (Å²) < 4.78 is 68.9. The van der Waals surface area contributed by atoms with Crippen molar-refractivity contribution in [3.8, 4) is 0 Å². The van der Waals surface area contributed by atoms with Gasteiger partial charge in [-0.3, -0.25) is 4.79 Å². The number of halogens is 3. The molecule has 1 aliphatic heterocycles. The molecule has 0 aliphatic carbocycles. The molecule has 1 aliphatic rings. The molecular formula is C10H17F3N2O4S. The quantitative estimate of drug-likeness (QED) is 0.730. The van der Waals surface area contributed by atoms with Crippen molar-refractivity contribution in [1.29, 1.82) is 0 Å². The summed E-state index contributed by atoms with van der Waals surface area (Å²) in [5.41, 5.74) is 0. The normalized spacial score (nSPS) is 21.7. The Balaban J connectivity index is 2.80. The van der Waals surface area contributed by atoms with Crippen LogP contribution in [0.2, 0.25) is 0 Å². The Labute approximate surface area is 115 Å². The van der Waals surface area contributed by atoms with E-state index in [-0.39, 0.29) is 19.6 Å². The number of carbonyl (C=O) groups is 1. The summed E-state index contributed by atoms with van der Waals surface area (Å²) in [7, 11) is -4.74. The summed E-state index contributed by atoms with van der Waals surface area (Å²) in [6, 6.07) is 0. The molecule has 0 unspecified atom stereocenters. The molecule has 0 aromatic rings. The number of carbonyl (C=O) groups excluding carboxylic acids is 1. The van der Waals surface area contributed by atoms with Crippen LogP contribution in [0.25, 0.3) is 0 Å². The second kappa shape index (κ2) is 6.72. The van der Waals surface area contributed by atoms with Crippen molar-refractivity contribution in [2.24, 2.45) is 0 Å². The standard InChI is InChI=1S/C10H17F3N2O4S/c1-2-14-8(16)6-15-20(17,18)9(10(11,12)13)7-4-3-5-19-7/h7,9,15H,2-6H2,1H3,(H,14,16)/t7-,9+/m0/s1. The van der Waals surface area contributed by atoms with Gasteiger partial charge >= 0.3 is 6.18 Å². The van der Waals surface area contributed by atoms with Crippen LogP contribution in [0.1, 0.15) is 19.8 Å². The van der Waals surface area contributed by atoms with Gasteiger partial charge in [-0.15, -0.1) is 0 Å². The van der Waals surface area contributed by atoms with E-state index in [4.69, 9.17) is 4.74 Å². The number of alkyl halides is 3. The largest absolute Gasteiger partial charge is 0.409 e. The maximum Gasteiger partial charge on any atom is 0.409 e. The lowest BCUT2D eigenvalue weighted by Gasteiger charge is -2.25. The minimum Gasteiger partial charge on any atom is -0.376 e. The Morgan fingerprint density at radius 2 is 2.10 bits per heavy atom. The van der Waals surface area contributed by atoms with Crippen LogP contribution >= 0.6 is 0 Å². The second-order valence-corrected chi connectivity index (χ2v) is 6.22. The number of nitrogens with one attached hydrogen (secondary N) is 2. The fraction of sp³-hybridized carbons (Fsp3) is 0.900. The predicted octanol–water partition coefficient (Wildman–Crippen LogP) is 0.152. The molecule has 1 amide bonds. The third-order valence-electron chi connectivity index (χ3n) is 2.77. The first-order chi connectivity index (χ1) is 9.18. The molecule has 0 radical (unpaired) electrons. The van der Waals surface area contributed by atoms with Gasteiger partial charge in [0.1, 0.15) is 0 Å². The van der Waals surface area contributed by atoms with E-state index in [0.29, 0.717) is 6.42 Å². The SMILES string of the molecule is CCNC(=O)CNS(=O)(=O)[C@H]([C@@H]1CCCO1)C(F)(F)F. The monoisotopic (exact) mass is 318 g/mol. The van der Waals surface area contributed by atoms with Crippen molar-refractivity contribution in [2.75, 3.05) is 19.7 Å². The summed E-state index contributed by atoms with van der Waals surface area (Å²) >= 11 is 0. The highest BCUT2D eigenvalue weighted by atomic mass is 32.2. The topological polar surface area (TPSA) is 84.5 Å². The van der Waals surface area contributed by atoms with Crippen LogP contribution in [0.5, 0.6) is 0 Å². The number of likely N-dealkylation sites (N-methyl/N-ethyl adjacent to an activating group) is 1. The number of hydrogen-bond acceptors (Lipinski definition) is 4. The van der Waals surface area contributed by atoms with Crippen molar-refractivity contribution in [2.45, 2.75) is 37.3 Å². The highest BCUT2D eigenvalue weighted by molar-refractivity contribution is 7.90. The smallest absolute Gasteiger partial charge is 0.376 e. The van der Waals surface area contributed by atoms with Crippen molar-refractivity contribution in [1.82, 2.24) is 10.0 Å². The van der Waals surface area contributed by atoms with E-state index in [1.165, 1.54) is 0 Å². The van der Waals surface area contributed by atoms with Gasteiger partial charge in [-0.25, -0.2) is 13.1 Å². The van der Waals surface area contributed by atoms with Crippen LogP contribution in [0.3, 0.4) is 0 Å². The maximum absolute atomic E-state index is 12.9. The van der Waals surface area contributed by atoms with Crippen LogP contribution < -0.4 is 10.0 Å². The van der Waals surface area contributed by atoms with E-state index in [0.717, 1.165) is 0 Å². The molecule has 20 heavy (non-hydrogen) atoms. The molecule has 0 aromatic carbocycles. The van der Waals surface area contributed by atoms with E-state index in [2.05, 4.69) is 5.32 Å². The summed E-state index contributed by atoms with van der Waals surface area (Å²) in [6.45, 7) is 1.24. The maximum atomic E-state index is 12.9. The molecule has 1 rings (SSSR count). The van der Waals surface area contributed by atoms with Gasteiger partial charge in [0.05, 0.1) is 12.6 Å². The summed E-state index contributed by atoms with van der Waals surface area (Å²) in [6.07, 6.45) is -5.99. The zero-order valence-corrected chi connectivity index (χ0v) is 11.7. The van der Waals surface area contributed by atoms with E-state index >= 15 is 0 Å². The molecule has 0 aromatic heterocycles. The minimum absolute atomic E-state index is 0.0201. The van der Waals surface area contributed by atoms with Crippen LogP contribution in [0.4, 0.5) is 13.2 Å². The molecule has 0 bridgehead atoms. The lowest BCUT2D eigenvalue weighted by Crippen LogP contribution is -2.52. The molecule has 6 nitrogen and oxygen atoms in total. The average molecular weight is 318 g/mol. The Hall–Kier alpha value is -0.870. The zero-order valence-electron chi connectivity index (χ0n) is 10.9. The number of sulfonamides is 1. The van der Waals surface area contributed by atoms with Crippen LogP contribution in [0.15, 0.2) is 0 Å². The van der Waals surface area contributed by atoms with Gasteiger partial charge in [0, 0.05) is 13.2 Å². The third kappa shape index (κ3) is 4.60. The molecule has 0 spiro atoms. The first-order valence-corrected chi connectivity index (χ1v) is 7.66. The van der Waals surface area contributed by atoms with Gasteiger partial charge in [-0.2, -0.15) is 13.2 Å². The number of hydrogen-bond donors (Lipinski definition) is 2. The molecule has 1 heterocycles. The first kappa shape index (κ1) is 17.2. The van der Waals surface area contributed by atoms with E-state index in [9.17, 15) is 26.4 Å². The van der Waals surface area contributed by atoms with Crippen LogP contribution in [-0.4, -0.2) is 51.6 Å². The lowest BCUT2D eigenvalue weighted by atomic mass is 10.2. The van der Waals surface area contributed by atoms with Crippen molar-refractivity contribution in [3.05, 3.63) is 0 Å². The molecule has 0 saturated carbocycles. The van der Waals surface area contributed by atoms with Gasteiger partial charge in [0.25, 0.3) is 0 Å². The highest BCUT2D eigenvalue weighted by Gasteiger charge is 2.54. The molecule has 1 fully saturated rings. The second-order valence-electron chi connectivity index (χ2n) is 4.33. The number of rotatable bonds is 6. The van der Waals surface area contributed by atoms with Crippen LogP contribution in [0, 0.1) is 0 Å². The summed E-state index contributed by atoms with van der Waals surface area (Å²) in [5.74, 6) is -0.690. The van der Waals surface area contributed by atoms with Crippen molar-refractivity contribution >= 4 is 15.9 Å². The highest BCUT2D eigenvalue weighted by Crippen LogP contribution is 2.33. The number of amides is 1. The average Bonchev–Trinajstić information content (AvgIpc) is 2.78. The molecule has 2 atom stereocenters. The van der Waals surface area contributed by atoms with E-state index in [1.807, 2.05) is 0 Å². The molecule has 118 valence electrons. The first-order valence-electron chi connectivity index (χ1n) is 6.12. The van der Waals surface area contributed by atoms with Crippen molar-refractivity contribution < 1.29 is 31.1 Å².